The molecule has 0 saturated heterocycles. The molecule has 0 amide bonds. The summed E-state index contributed by atoms with van der Waals surface area (Å²) in [4.78, 5) is 10.3. The third-order valence-electron chi connectivity index (χ3n) is 1.91. The van der Waals surface area contributed by atoms with Crippen molar-refractivity contribution in [1.29, 1.82) is 0 Å². The number of nitro benzene ring substituents is 1. The zero-order valence-corrected chi connectivity index (χ0v) is 9.28. The number of para-hydroxylation sites is 2. The van der Waals surface area contributed by atoms with Crippen LogP contribution in [0, 0.1) is 15.5 Å². The minimum atomic E-state index is -0.370. The molecule has 1 rings (SSSR count). The van der Waals surface area contributed by atoms with Crippen LogP contribution in [0.25, 0.3) is 0 Å². The molecule has 0 saturated carbocycles. The van der Waals surface area contributed by atoms with Crippen molar-refractivity contribution in [1.82, 2.24) is 0 Å². The fourth-order valence-electron chi connectivity index (χ4n) is 1.14. The van der Waals surface area contributed by atoms with E-state index in [2.05, 4.69) is 26.1 Å². The zero-order chi connectivity index (χ0) is 11.5. The first-order chi connectivity index (χ1) is 6.90. The minimum absolute atomic E-state index is 0.101. The number of nitrogens with one attached hydrogen (secondary N) is 1. The maximum Gasteiger partial charge on any atom is 0.292 e. The van der Waals surface area contributed by atoms with Gasteiger partial charge >= 0.3 is 0 Å². The molecule has 0 aliphatic carbocycles. The normalized spacial score (nSPS) is 11.1. The van der Waals surface area contributed by atoms with E-state index in [0.29, 0.717) is 12.2 Å². The lowest BCUT2D eigenvalue weighted by Gasteiger charge is -2.19. The van der Waals surface area contributed by atoms with E-state index in [1.165, 1.54) is 6.07 Å². The Morgan fingerprint density at radius 3 is 2.47 bits per heavy atom. The molecule has 15 heavy (non-hydrogen) atoms. The Morgan fingerprint density at radius 2 is 1.93 bits per heavy atom. The minimum Gasteiger partial charge on any atom is -0.379 e. The summed E-state index contributed by atoms with van der Waals surface area (Å²) in [7, 11) is 0. The van der Waals surface area contributed by atoms with Gasteiger partial charge in [-0.2, -0.15) is 0 Å². The van der Waals surface area contributed by atoms with Gasteiger partial charge in [0.1, 0.15) is 5.69 Å². The molecule has 0 spiro atoms. The lowest BCUT2D eigenvalue weighted by molar-refractivity contribution is -0.384. The van der Waals surface area contributed by atoms with Gasteiger partial charge in [0, 0.05) is 12.6 Å². The molecule has 1 N–H and O–H groups in total. The molecular weight excluding hydrogens is 192 g/mol. The summed E-state index contributed by atoms with van der Waals surface area (Å²) >= 11 is 0. The van der Waals surface area contributed by atoms with Crippen LogP contribution in [-0.4, -0.2) is 11.5 Å². The summed E-state index contributed by atoms with van der Waals surface area (Å²) in [5.74, 6) is 0. The van der Waals surface area contributed by atoms with Crippen molar-refractivity contribution in [3.05, 3.63) is 34.4 Å². The molecule has 0 bridgehead atoms. The average Bonchev–Trinajstić information content (AvgIpc) is 2.14. The van der Waals surface area contributed by atoms with E-state index in [1.54, 1.807) is 18.2 Å². The summed E-state index contributed by atoms with van der Waals surface area (Å²) < 4.78 is 0. The van der Waals surface area contributed by atoms with Crippen molar-refractivity contribution >= 4 is 11.4 Å². The third-order valence-corrected chi connectivity index (χ3v) is 1.91. The Labute approximate surface area is 89.5 Å². The van der Waals surface area contributed by atoms with Crippen molar-refractivity contribution in [2.24, 2.45) is 5.41 Å². The molecule has 0 atom stereocenters. The molecule has 0 aromatic heterocycles. The van der Waals surface area contributed by atoms with Crippen molar-refractivity contribution in [3.63, 3.8) is 0 Å². The number of hydrogen-bond acceptors (Lipinski definition) is 3. The third kappa shape index (κ3) is 3.58. The smallest absolute Gasteiger partial charge is 0.292 e. The van der Waals surface area contributed by atoms with E-state index in [4.69, 9.17) is 0 Å². The van der Waals surface area contributed by atoms with E-state index in [-0.39, 0.29) is 16.0 Å². The lowest BCUT2D eigenvalue weighted by atomic mass is 9.97. The maximum absolute atomic E-state index is 10.7. The molecule has 4 heteroatoms. The second-order valence-corrected chi connectivity index (χ2v) is 4.69. The van der Waals surface area contributed by atoms with E-state index in [9.17, 15) is 10.1 Å². The highest BCUT2D eigenvalue weighted by Crippen LogP contribution is 2.24. The Hall–Kier alpha value is -1.58. The number of rotatable bonds is 3. The average molecular weight is 208 g/mol. The molecule has 0 unspecified atom stereocenters. The van der Waals surface area contributed by atoms with Crippen LogP contribution < -0.4 is 5.32 Å². The maximum atomic E-state index is 10.7. The van der Waals surface area contributed by atoms with Gasteiger partial charge in [0.25, 0.3) is 5.69 Å². The SMILES string of the molecule is CC(C)(C)CNc1ccccc1[N+](=O)[O-]. The lowest BCUT2D eigenvalue weighted by Crippen LogP contribution is -2.19. The monoisotopic (exact) mass is 208 g/mol. The zero-order valence-electron chi connectivity index (χ0n) is 9.28. The van der Waals surface area contributed by atoms with Gasteiger partial charge in [-0.15, -0.1) is 0 Å². The Kier molecular flexibility index (Phi) is 3.29. The van der Waals surface area contributed by atoms with Crippen LogP contribution in [0.2, 0.25) is 0 Å². The molecule has 0 aliphatic heterocycles. The van der Waals surface area contributed by atoms with Gasteiger partial charge in [-0.05, 0) is 11.5 Å². The number of nitrogens with zero attached hydrogens (tertiary/aromatic N) is 1. The standard InChI is InChI=1S/C11H16N2O2/c1-11(2,3)8-12-9-6-4-5-7-10(9)13(14)15/h4-7,12H,8H2,1-3H3. The fourth-order valence-corrected chi connectivity index (χ4v) is 1.14. The first kappa shape index (κ1) is 11.5. The number of hydrogen-bond donors (Lipinski definition) is 1. The van der Waals surface area contributed by atoms with Crippen LogP contribution in [0.1, 0.15) is 20.8 Å². The second-order valence-electron chi connectivity index (χ2n) is 4.69. The van der Waals surface area contributed by atoms with Gasteiger partial charge in [-0.3, -0.25) is 10.1 Å². The van der Waals surface area contributed by atoms with Gasteiger partial charge in [-0.1, -0.05) is 32.9 Å². The van der Waals surface area contributed by atoms with Crippen molar-refractivity contribution in [2.75, 3.05) is 11.9 Å². The molecule has 0 fully saturated rings. The van der Waals surface area contributed by atoms with Crippen molar-refractivity contribution in [3.8, 4) is 0 Å². The Morgan fingerprint density at radius 1 is 1.33 bits per heavy atom. The summed E-state index contributed by atoms with van der Waals surface area (Å²) in [6.07, 6.45) is 0. The molecule has 82 valence electrons. The molecule has 0 aliphatic rings. The van der Waals surface area contributed by atoms with E-state index in [0.717, 1.165) is 0 Å². The van der Waals surface area contributed by atoms with Crippen LogP contribution >= 0.6 is 0 Å². The number of nitro groups is 1. The van der Waals surface area contributed by atoms with E-state index < -0.39 is 0 Å². The molecular formula is C11H16N2O2. The van der Waals surface area contributed by atoms with Gasteiger partial charge in [0.15, 0.2) is 0 Å². The highest BCUT2D eigenvalue weighted by molar-refractivity contribution is 5.61. The Bertz CT molecular complexity index is 356. The van der Waals surface area contributed by atoms with Gasteiger partial charge in [0.05, 0.1) is 4.92 Å². The first-order valence-electron chi connectivity index (χ1n) is 4.87. The quantitative estimate of drug-likeness (QED) is 0.613. The molecule has 4 nitrogen and oxygen atoms in total. The van der Waals surface area contributed by atoms with Gasteiger partial charge in [0.2, 0.25) is 0 Å². The molecule has 1 aromatic carbocycles. The molecule has 1 aromatic rings. The summed E-state index contributed by atoms with van der Waals surface area (Å²) in [5, 5.41) is 13.8. The highest BCUT2D eigenvalue weighted by Gasteiger charge is 2.15. The van der Waals surface area contributed by atoms with Crippen LogP contribution in [0.4, 0.5) is 11.4 Å². The number of benzene rings is 1. The van der Waals surface area contributed by atoms with Crippen LogP contribution in [0.3, 0.4) is 0 Å². The van der Waals surface area contributed by atoms with Gasteiger partial charge in [-0.25, -0.2) is 0 Å². The topological polar surface area (TPSA) is 55.2 Å². The number of anilines is 1. The van der Waals surface area contributed by atoms with E-state index >= 15 is 0 Å². The van der Waals surface area contributed by atoms with Gasteiger partial charge < -0.3 is 5.32 Å². The fraction of sp³-hybridized carbons (Fsp3) is 0.455. The van der Waals surface area contributed by atoms with Crippen molar-refractivity contribution < 1.29 is 4.92 Å². The predicted molar refractivity (Wildman–Crippen MR) is 61.0 cm³/mol. The first-order valence-corrected chi connectivity index (χ1v) is 4.87. The van der Waals surface area contributed by atoms with Crippen LogP contribution in [0.5, 0.6) is 0 Å². The molecule has 0 heterocycles. The summed E-state index contributed by atoms with van der Waals surface area (Å²) in [6.45, 7) is 6.94. The van der Waals surface area contributed by atoms with Crippen molar-refractivity contribution in [2.45, 2.75) is 20.8 Å². The second kappa shape index (κ2) is 4.29. The summed E-state index contributed by atoms with van der Waals surface area (Å²) in [5.41, 5.74) is 0.808. The van der Waals surface area contributed by atoms with Crippen LogP contribution in [0.15, 0.2) is 24.3 Å². The summed E-state index contributed by atoms with van der Waals surface area (Å²) in [6, 6.07) is 6.69. The Balaban J connectivity index is 2.81. The highest BCUT2D eigenvalue weighted by atomic mass is 16.6. The van der Waals surface area contributed by atoms with E-state index in [1.807, 2.05) is 0 Å². The largest absolute Gasteiger partial charge is 0.379 e. The van der Waals surface area contributed by atoms with Crippen LogP contribution in [-0.2, 0) is 0 Å². The molecule has 0 radical (unpaired) electrons. The predicted octanol–water partition coefficient (Wildman–Crippen LogP) is 3.05.